The third-order valence-corrected chi connectivity index (χ3v) is 6.53. The van der Waals surface area contributed by atoms with Gasteiger partial charge in [-0.25, -0.2) is 0 Å². The monoisotopic (exact) mass is 463 g/mol. The molecule has 0 bridgehead atoms. The second kappa shape index (κ2) is 8.04. The molecule has 2 aliphatic rings. The number of nitrogens with zero attached hydrogens (tertiary/aromatic N) is 3. The molecule has 1 fully saturated rings. The Kier molecular flexibility index (Phi) is 5.17. The molecule has 0 radical (unpaired) electrons. The van der Waals surface area contributed by atoms with E-state index in [1.165, 1.54) is 0 Å². The summed E-state index contributed by atoms with van der Waals surface area (Å²) >= 11 is 5.99. The maximum absolute atomic E-state index is 13.4. The summed E-state index contributed by atoms with van der Waals surface area (Å²) in [5.41, 5.74) is 3.78. The highest BCUT2D eigenvalue weighted by Crippen LogP contribution is 2.32. The zero-order chi connectivity index (χ0) is 23.3. The van der Waals surface area contributed by atoms with Crippen molar-refractivity contribution in [2.75, 3.05) is 11.9 Å². The van der Waals surface area contributed by atoms with Crippen molar-refractivity contribution in [3.05, 3.63) is 70.5 Å². The fourth-order valence-electron chi connectivity index (χ4n) is 4.42. The molecular weight excluding hydrogens is 442 g/mol. The first-order chi connectivity index (χ1) is 15.8. The lowest BCUT2D eigenvalue weighted by molar-refractivity contribution is -0.120. The minimum Gasteiger partial charge on any atom is -0.345 e. The van der Waals surface area contributed by atoms with Gasteiger partial charge in [0.1, 0.15) is 11.7 Å². The number of nitrogens with one attached hydrogen (secondary N) is 2. The van der Waals surface area contributed by atoms with Crippen molar-refractivity contribution in [2.24, 2.45) is 7.05 Å². The first-order valence-electron chi connectivity index (χ1n) is 10.6. The van der Waals surface area contributed by atoms with E-state index in [1.54, 1.807) is 47.0 Å². The number of fused-ring (bicyclic) bond motifs is 2. The molecule has 1 aromatic heterocycles. The van der Waals surface area contributed by atoms with Crippen LogP contribution < -0.4 is 10.6 Å². The Morgan fingerprint density at radius 3 is 2.55 bits per heavy atom. The van der Waals surface area contributed by atoms with E-state index in [4.69, 9.17) is 11.6 Å². The summed E-state index contributed by atoms with van der Waals surface area (Å²) in [4.78, 5) is 40.8. The molecule has 3 heterocycles. The lowest BCUT2D eigenvalue weighted by Gasteiger charge is -2.24. The van der Waals surface area contributed by atoms with Crippen molar-refractivity contribution >= 4 is 35.0 Å². The van der Waals surface area contributed by atoms with Gasteiger partial charge in [-0.3, -0.25) is 19.1 Å². The van der Waals surface area contributed by atoms with Gasteiger partial charge in [0.25, 0.3) is 11.8 Å². The van der Waals surface area contributed by atoms with E-state index < -0.39 is 12.1 Å². The van der Waals surface area contributed by atoms with Gasteiger partial charge < -0.3 is 15.5 Å². The maximum Gasteiger partial charge on any atom is 0.272 e. The lowest BCUT2D eigenvalue weighted by Crippen LogP contribution is -2.51. The maximum atomic E-state index is 13.4. The third kappa shape index (κ3) is 3.76. The smallest absolute Gasteiger partial charge is 0.272 e. The predicted molar refractivity (Wildman–Crippen MR) is 124 cm³/mol. The summed E-state index contributed by atoms with van der Waals surface area (Å²) in [6, 6.07) is 13.1. The number of carbonyl (C=O) groups is 3. The summed E-state index contributed by atoms with van der Waals surface area (Å²) in [5, 5.41) is 10.6. The molecule has 0 aliphatic carbocycles. The van der Waals surface area contributed by atoms with Gasteiger partial charge in [0, 0.05) is 24.3 Å². The van der Waals surface area contributed by atoms with Crippen LogP contribution in [0, 0.1) is 6.92 Å². The van der Waals surface area contributed by atoms with Gasteiger partial charge in [-0.15, -0.1) is 0 Å². The van der Waals surface area contributed by atoms with Gasteiger partial charge in [-0.1, -0.05) is 29.8 Å². The van der Waals surface area contributed by atoms with Crippen molar-refractivity contribution < 1.29 is 14.4 Å². The SMILES string of the molecule is Cc1cc(C(=O)NC2CCN3C(=O)c4cc(-c5ccc(Cl)cc5)ccc4NC(=O)C23)nn1C. The van der Waals surface area contributed by atoms with Crippen molar-refractivity contribution in [1.82, 2.24) is 20.0 Å². The second-order valence-electron chi connectivity index (χ2n) is 8.36. The summed E-state index contributed by atoms with van der Waals surface area (Å²) in [5.74, 6) is -0.923. The quantitative estimate of drug-likeness (QED) is 0.624. The summed E-state index contributed by atoms with van der Waals surface area (Å²) in [6.07, 6.45) is 0.480. The predicted octanol–water partition coefficient (Wildman–Crippen LogP) is 3.01. The first-order valence-corrected chi connectivity index (χ1v) is 11.0. The average molecular weight is 464 g/mol. The van der Waals surface area contributed by atoms with E-state index in [0.717, 1.165) is 16.8 Å². The number of carbonyl (C=O) groups excluding carboxylic acids is 3. The Morgan fingerprint density at radius 1 is 1.12 bits per heavy atom. The van der Waals surface area contributed by atoms with Crippen molar-refractivity contribution in [2.45, 2.75) is 25.4 Å². The summed E-state index contributed by atoms with van der Waals surface area (Å²) < 4.78 is 1.62. The van der Waals surface area contributed by atoms with Crippen LogP contribution in [0.1, 0.15) is 33.0 Å². The van der Waals surface area contributed by atoms with Crippen LogP contribution in [0.4, 0.5) is 5.69 Å². The third-order valence-electron chi connectivity index (χ3n) is 6.28. The fraction of sp³-hybridized carbons (Fsp3) is 0.250. The molecule has 8 nitrogen and oxygen atoms in total. The van der Waals surface area contributed by atoms with Crippen LogP contribution in [-0.2, 0) is 11.8 Å². The Hall–Kier alpha value is -3.65. The second-order valence-corrected chi connectivity index (χ2v) is 8.80. The van der Waals surface area contributed by atoms with Crippen LogP contribution in [0.25, 0.3) is 11.1 Å². The number of benzene rings is 2. The topological polar surface area (TPSA) is 96.3 Å². The first kappa shape index (κ1) is 21.2. The molecule has 2 unspecified atom stereocenters. The number of hydrogen-bond acceptors (Lipinski definition) is 4. The van der Waals surface area contributed by atoms with Crippen LogP contribution in [0.3, 0.4) is 0 Å². The van der Waals surface area contributed by atoms with Gasteiger partial charge in [0.2, 0.25) is 5.91 Å². The number of anilines is 1. The van der Waals surface area contributed by atoms with Gasteiger partial charge in [0.15, 0.2) is 0 Å². The van der Waals surface area contributed by atoms with Crippen LogP contribution in [0.2, 0.25) is 5.02 Å². The van der Waals surface area contributed by atoms with Crippen LogP contribution >= 0.6 is 11.6 Å². The van der Waals surface area contributed by atoms with Crippen LogP contribution in [-0.4, -0.2) is 51.0 Å². The molecule has 3 amide bonds. The van der Waals surface area contributed by atoms with Crippen molar-refractivity contribution in [1.29, 1.82) is 0 Å². The minimum atomic E-state index is -0.794. The number of amides is 3. The molecule has 2 atom stereocenters. The highest BCUT2D eigenvalue weighted by molar-refractivity contribution is 6.30. The highest BCUT2D eigenvalue weighted by atomic mass is 35.5. The Balaban J connectivity index is 1.42. The summed E-state index contributed by atoms with van der Waals surface area (Å²) in [6.45, 7) is 2.22. The van der Waals surface area contributed by atoms with Gasteiger partial charge >= 0.3 is 0 Å². The lowest BCUT2D eigenvalue weighted by atomic mass is 10.0. The molecule has 9 heteroatoms. The molecule has 5 rings (SSSR count). The zero-order valence-electron chi connectivity index (χ0n) is 18.1. The van der Waals surface area contributed by atoms with E-state index in [9.17, 15) is 14.4 Å². The largest absolute Gasteiger partial charge is 0.345 e. The Bertz CT molecular complexity index is 1260. The summed E-state index contributed by atoms with van der Waals surface area (Å²) in [7, 11) is 1.76. The molecule has 0 spiro atoms. The molecule has 3 aromatic rings. The number of aryl methyl sites for hydroxylation is 2. The fourth-order valence-corrected chi connectivity index (χ4v) is 4.55. The van der Waals surface area contributed by atoms with Crippen molar-refractivity contribution in [3.8, 4) is 11.1 Å². The molecule has 2 aliphatic heterocycles. The standard InChI is InChI=1S/C24H22ClN5O3/c1-13-11-20(28-29(13)2)22(31)27-19-9-10-30-21(19)23(32)26-18-8-5-15(12-17(18)24(30)33)14-3-6-16(25)7-4-14/h3-8,11-12,19,21H,9-10H2,1-2H3,(H,26,32)(H,27,31). The highest BCUT2D eigenvalue weighted by Gasteiger charge is 2.45. The van der Waals surface area contributed by atoms with E-state index in [-0.39, 0.29) is 23.4 Å². The van der Waals surface area contributed by atoms with Crippen molar-refractivity contribution in [3.63, 3.8) is 0 Å². The van der Waals surface area contributed by atoms with E-state index in [0.29, 0.717) is 29.2 Å². The normalized spacial score (nSPS) is 19.5. The van der Waals surface area contributed by atoms with Gasteiger partial charge in [-0.05, 0) is 54.8 Å². The molecule has 2 aromatic carbocycles. The van der Waals surface area contributed by atoms with E-state index in [2.05, 4.69) is 15.7 Å². The Morgan fingerprint density at radius 2 is 1.85 bits per heavy atom. The van der Waals surface area contributed by atoms with Gasteiger partial charge in [-0.2, -0.15) is 5.10 Å². The zero-order valence-corrected chi connectivity index (χ0v) is 18.9. The molecule has 1 saturated heterocycles. The number of aromatic nitrogens is 2. The number of hydrogen-bond donors (Lipinski definition) is 2. The van der Waals surface area contributed by atoms with E-state index in [1.807, 2.05) is 25.1 Å². The Labute approximate surface area is 195 Å². The number of rotatable bonds is 3. The van der Waals surface area contributed by atoms with Crippen LogP contribution in [0.5, 0.6) is 0 Å². The number of halogens is 1. The minimum absolute atomic E-state index is 0.241. The molecule has 2 N–H and O–H groups in total. The molecular formula is C24H22ClN5O3. The molecule has 168 valence electrons. The van der Waals surface area contributed by atoms with Gasteiger partial charge in [0.05, 0.1) is 17.3 Å². The molecule has 0 saturated carbocycles. The van der Waals surface area contributed by atoms with E-state index >= 15 is 0 Å². The van der Waals surface area contributed by atoms with Crippen LogP contribution in [0.15, 0.2) is 48.5 Å². The average Bonchev–Trinajstić information content (AvgIpc) is 3.34. The molecule has 33 heavy (non-hydrogen) atoms.